The molecule has 0 unspecified atom stereocenters. The number of hydrogen-bond acceptors (Lipinski definition) is 2. The number of carbonyl (C=O) groups is 1. The summed E-state index contributed by atoms with van der Waals surface area (Å²) in [6.45, 7) is 2.01. The lowest BCUT2D eigenvalue weighted by Crippen LogP contribution is -2.31. The van der Waals surface area contributed by atoms with E-state index < -0.39 is 3.23 Å². The summed E-state index contributed by atoms with van der Waals surface area (Å²) in [6, 6.07) is 3.96. The van der Waals surface area contributed by atoms with E-state index in [1.807, 2.05) is 13.0 Å². The summed E-state index contributed by atoms with van der Waals surface area (Å²) in [7, 11) is 1.60. The topological polar surface area (TPSA) is 26.3 Å². The molecule has 0 saturated heterocycles. The summed E-state index contributed by atoms with van der Waals surface area (Å²) < 4.78 is 4.67. The van der Waals surface area contributed by atoms with Crippen molar-refractivity contribution in [3.8, 4) is 5.75 Å². The Kier molecular flexibility index (Phi) is 3.14. The maximum Gasteiger partial charge on any atom is 0.194 e. The number of Topliss-reactive ketones (excluding diaryl/α,β-unsaturated/α-hetero) is 1. The Morgan fingerprint density at radius 3 is 2.69 bits per heavy atom. The number of ketones is 1. The predicted octanol–water partition coefficient (Wildman–Crippen LogP) is 3.62. The molecule has 1 aromatic rings. The van der Waals surface area contributed by atoms with E-state index in [0.717, 1.165) is 24.0 Å². The van der Waals surface area contributed by atoms with Crippen molar-refractivity contribution in [2.75, 3.05) is 7.11 Å². The molecule has 0 saturated carbocycles. The molecule has 16 heavy (non-hydrogen) atoms. The highest BCUT2D eigenvalue weighted by molar-refractivity contribution is 9.26. The normalized spacial score (nSPS) is 18.1. The lowest BCUT2D eigenvalue weighted by atomic mass is 9.88. The van der Waals surface area contributed by atoms with Gasteiger partial charge in [-0.3, -0.25) is 4.79 Å². The van der Waals surface area contributed by atoms with Crippen molar-refractivity contribution >= 4 is 37.6 Å². The van der Waals surface area contributed by atoms with Gasteiger partial charge in [-0.25, -0.2) is 0 Å². The number of methoxy groups -OCH3 is 1. The molecule has 0 fully saturated rings. The van der Waals surface area contributed by atoms with Gasteiger partial charge in [0, 0.05) is 0 Å². The van der Waals surface area contributed by atoms with E-state index in [0.29, 0.717) is 11.3 Å². The fraction of sp³-hybridized carbons (Fsp3) is 0.417. The molecule has 0 bridgehead atoms. The van der Waals surface area contributed by atoms with Crippen LogP contribution in [-0.4, -0.2) is 16.1 Å². The van der Waals surface area contributed by atoms with Gasteiger partial charge >= 0.3 is 0 Å². The van der Waals surface area contributed by atoms with Crippen molar-refractivity contribution in [2.45, 2.75) is 23.0 Å². The average molecular weight is 348 g/mol. The molecule has 0 atom stereocenters. The highest BCUT2D eigenvalue weighted by atomic mass is 79.9. The minimum atomic E-state index is -0.629. The van der Waals surface area contributed by atoms with Crippen molar-refractivity contribution in [1.82, 2.24) is 0 Å². The molecule has 0 heterocycles. The number of hydrogen-bond donors (Lipinski definition) is 0. The van der Waals surface area contributed by atoms with Crippen LogP contribution in [0.15, 0.2) is 12.1 Å². The molecule has 0 N–H and O–H groups in total. The van der Waals surface area contributed by atoms with E-state index in [9.17, 15) is 4.79 Å². The molecule has 4 heteroatoms. The zero-order chi connectivity index (χ0) is 11.9. The monoisotopic (exact) mass is 346 g/mol. The van der Waals surface area contributed by atoms with Crippen molar-refractivity contribution in [2.24, 2.45) is 0 Å². The number of ether oxygens (including phenoxy) is 1. The van der Waals surface area contributed by atoms with Gasteiger partial charge in [-0.15, -0.1) is 0 Å². The van der Waals surface area contributed by atoms with Crippen LogP contribution in [0.5, 0.6) is 5.75 Å². The summed E-state index contributed by atoms with van der Waals surface area (Å²) in [5.41, 5.74) is 2.91. The smallest absolute Gasteiger partial charge is 0.194 e. The van der Waals surface area contributed by atoms with Crippen LogP contribution in [-0.2, 0) is 6.42 Å². The number of fused-ring (bicyclic) bond motifs is 1. The minimum Gasteiger partial charge on any atom is -0.496 e. The first kappa shape index (κ1) is 12.1. The number of aryl methyl sites for hydroxylation is 2. The molecule has 1 aromatic carbocycles. The molecular weight excluding hydrogens is 336 g/mol. The highest BCUT2D eigenvalue weighted by Crippen LogP contribution is 2.43. The number of rotatable bonds is 1. The highest BCUT2D eigenvalue weighted by Gasteiger charge is 2.39. The maximum atomic E-state index is 12.3. The van der Waals surface area contributed by atoms with E-state index >= 15 is 0 Å². The molecule has 0 aromatic heterocycles. The first-order valence-corrected chi connectivity index (χ1v) is 6.64. The Balaban J connectivity index is 2.62. The molecule has 1 aliphatic rings. The number of alkyl halides is 2. The molecule has 1 aliphatic carbocycles. The molecule has 2 rings (SSSR count). The summed E-state index contributed by atoms with van der Waals surface area (Å²) in [5, 5.41) is 0. The van der Waals surface area contributed by atoms with Crippen LogP contribution < -0.4 is 4.74 Å². The van der Waals surface area contributed by atoms with Crippen LogP contribution in [0.2, 0.25) is 0 Å². The number of carbonyl (C=O) groups excluding carboxylic acids is 1. The first-order chi connectivity index (χ1) is 7.45. The molecule has 0 amide bonds. The van der Waals surface area contributed by atoms with E-state index in [-0.39, 0.29) is 5.78 Å². The molecule has 86 valence electrons. The molecular formula is C12H12Br2O2. The molecule has 0 aliphatic heterocycles. The second kappa shape index (κ2) is 4.15. The van der Waals surface area contributed by atoms with Crippen LogP contribution in [0, 0.1) is 6.92 Å². The maximum absolute atomic E-state index is 12.3. The third-order valence-corrected chi connectivity index (χ3v) is 4.33. The van der Waals surface area contributed by atoms with Gasteiger partial charge in [0.1, 0.15) is 8.98 Å². The van der Waals surface area contributed by atoms with Crippen LogP contribution in [0.4, 0.5) is 0 Å². The Bertz CT molecular complexity index is 435. The van der Waals surface area contributed by atoms with Crippen molar-refractivity contribution < 1.29 is 9.53 Å². The standard InChI is InChI=1S/C12H12Br2O2/c1-7-5-8-3-4-12(13,14)11(15)10(8)9(6-7)16-2/h5-6H,3-4H2,1-2H3. The minimum absolute atomic E-state index is 0.0469. The molecule has 0 spiro atoms. The summed E-state index contributed by atoms with van der Waals surface area (Å²) >= 11 is 6.84. The fourth-order valence-electron chi connectivity index (χ4n) is 2.03. The van der Waals surface area contributed by atoms with Gasteiger partial charge in [0.25, 0.3) is 0 Å². The van der Waals surface area contributed by atoms with Crippen molar-refractivity contribution in [3.63, 3.8) is 0 Å². The van der Waals surface area contributed by atoms with E-state index in [1.165, 1.54) is 0 Å². The van der Waals surface area contributed by atoms with E-state index in [4.69, 9.17) is 4.74 Å². The summed E-state index contributed by atoms with van der Waals surface area (Å²) in [6.07, 6.45) is 1.63. The van der Waals surface area contributed by atoms with Crippen LogP contribution in [0.1, 0.15) is 27.9 Å². The number of benzene rings is 1. The van der Waals surface area contributed by atoms with Gasteiger partial charge in [0.05, 0.1) is 12.7 Å². The quantitative estimate of drug-likeness (QED) is 0.725. The van der Waals surface area contributed by atoms with E-state index in [1.54, 1.807) is 7.11 Å². The van der Waals surface area contributed by atoms with Gasteiger partial charge in [-0.1, -0.05) is 37.9 Å². The number of halogens is 2. The summed E-state index contributed by atoms with van der Waals surface area (Å²) in [4.78, 5) is 12.3. The third-order valence-electron chi connectivity index (χ3n) is 2.82. The van der Waals surface area contributed by atoms with Crippen molar-refractivity contribution in [1.29, 1.82) is 0 Å². The molecule has 2 nitrogen and oxygen atoms in total. The van der Waals surface area contributed by atoms with E-state index in [2.05, 4.69) is 37.9 Å². The largest absolute Gasteiger partial charge is 0.496 e. The van der Waals surface area contributed by atoms with Crippen molar-refractivity contribution in [3.05, 3.63) is 28.8 Å². The Morgan fingerprint density at radius 1 is 1.38 bits per heavy atom. The Labute approximate surface area is 112 Å². The summed E-state index contributed by atoms with van der Waals surface area (Å²) in [5.74, 6) is 0.716. The van der Waals surface area contributed by atoms with Gasteiger partial charge < -0.3 is 4.74 Å². The Morgan fingerprint density at radius 2 is 2.06 bits per heavy atom. The average Bonchev–Trinajstić information content (AvgIpc) is 2.23. The first-order valence-electron chi connectivity index (χ1n) is 5.06. The van der Waals surface area contributed by atoms with Gasteiger partial charge in [-0.2, -0.15) is 0 Å². The lowest BCUT2D eigenvalue weighted by Gasteiger charge is -2.27. The zero-order valence-electron chi connectivity index (χ0n) is 9.14. The second-order valence-corrected chi connectivity index (χ2v) is 7.81. The SMILES string of the molecule is COc1cc(C)cc2c1C(=O)C(Br)(Br)CC2. The lowest BCUT2D eigenvalue weighted by molar-refractivity contribution is 0.0969. The van der Waals surface area contributed by atoms with Gasteiger partial charge in [0.2, 0.25) is 0 Å². The van der Waals surface area contributed by atoms with Crippen LogP contribution in [0.25, 0.3) is 0 Å². The predicted molar refractivity (Wildman–Crippen MR) is 71.0 cm³/mol. The molecule has 0 radical (unpaired) electrons. The van der Waals surface area contributed by atoms with Crippen LogP contribution >= 0.6 is 31.9 Å². The second-order valence-electron chi connectivity index (χ2n) is 4.03. The third kappa shape index (κ3) is 1.93. The van der Waals surface area contributed by atoms with Crippen LogP contribution in [0.3, 0.4) is 0 Å². The Hall–Kier alpha value is -0.350. The zero-order valence-corrected chi connectivity index (χ0v) is 12.3. The fourth-order valence-corrected chi connectivity index (χ4v) is 2.82. The van der Waals surface area contributed by atoms with Gasteiger partial charge in [0.15, 0.2) is 5.78 Å². The van der Waals surface area contributed by atoms with Gasteiger partial charge in [-0.05, 0) is 37.0 Å².